The molecular formula is C17H12F3N3O5S. The maximum Gasteiger partial charge on any atom is 0.471 e. The highest BCUT2D eigenvalue weighted by atomic mass is 32.2. The summed E-state index contributed by atoms with van der Waals surface area (Å²) in [6, 6.07) is 10.2. The zero-order valence-corrected chi connectivity index (χ0v) is 15.2. The minimum Gasteiger partial charge on any atom is -0.491 e. The summed E-state index contributed by atoms with van der Waals surface area (Å²) >= 11 is 0. The fourth-order valence-corrected chi connectivity index (χ4v) is 3.76. The van der Waals surface area contributed by atoms with Gasteiger partial charge in [0.1, 0.15) is 28.8 Å². The SMILES string of the molecule is O=S1(=O)NCCOc2ccc(Oc3cccc(-c4noc(C(F)(F)F)n4)c3)cc21. The van der Waals surface area contributed by atoms with Crippen LogP contribution in [0.5, 0.6) is 17.2 Å². The lowest BCUT2D eigenvalue weighted by Gasteiger charge is -2.10. The van der Waals surface area contributed by atoms with Crippen molar-refractivity contribution >= 4 is 10.0 Å². The van der Waals surface area contributed by atoms with E-state index in [9.17, 15) is 21.6 Å². The molecule has 8 nitrogen and oxygen atoms in total. The molecule has 0 aliphatic carbocycles. The third kappa shape index (κ3) is 4.03. The lowest BCUT2D eigenvalue weighted by Crippen LogP contribution is -2.24. The van der Waals surface area contributed by atoms with Crippen LogP contribution in [-0.2, 0) is 16.2 Å². The number of alkyl halides is 3. The van der Waals surface area contributed by atoms with Gasteiger partial charge in [-0.15, -0.1) is 0 Å². The normalized spacial score (nSPS) is 15.8. The van der Waals surface area contributed by atoms with Crippen molar-refractivity contribution in [1.29, 1.82) is 0 Å². The Morgan fingerprint density at radius 2 is 1.90 bits per heavy atom. The largest absolute Gasteiger partial charge is 0.491 e. The van der Waals surface area contributed by atoms with Crippen molar-refractivity contribution in [2.24, 2.45) is 0 Å². The summed E-state index contributed by atoms with van der Waals surface area (Å²) in [7, 11) is -3.75. The van der Waals surface area contributed by atoms with Crippen molar-refractivity contribution in [1.82, 2.24) is 14.9 Å². The Labute approximate surface area is 162 Å². The van der Waals surface area contributed by atoms with Crippen LogP contribution in [0.3, 0.4) is 0 Å². The van der Waals surface area contributed by atoms with Gasteiger partial charge in [0.25, 0.3) is 0 Å². The molecule has 2 aromatic carbocycles. The Bertz CT molecular complexity index is 1160. The zero-order valence-electron chi connectivity index (χ0n) is 14.4. The Kier molecular flexibility index (Phi) is 4.67. The molecule has 0 fully saturated rings. The van der Waals surface area contributed by atoms with E-state index in [1.54, 1.807) is 6.07 Å². The molecule has 0 saturated heterocycles. The number of fused-ring (bicyclic) bond motifs is 1. The highest BCUT2D eigenvalue weighted by molar-refractivity contribution is 7.89. The second-order valence-electron chi connectivity index (χ2n) is 5.91. The molecule has 0 spiro atoms. The number of aromatic nitrogens is 2. The Morgan fingerprint density at radius 1 is 1.10 bits per heavy atom. The van der Waals surface area contributed by atoms with E-state index in [4.69, 9.17) is 9.47 Å². The van der Waals surface area contributed by atoms with Gasteiger partial charge in [-0.05, 0) is 24.3 Å². The molecule has 1 N–H and O–H groups in total. The topological polar surface area (TPSA) is 104 Å². The Hall–Kier alpha value is -3.12. The van der Waals surface area contributed by atoms with Crippen LogP contribution in [0.25, 0.3) is 11.4 Å². The number of nitrogens with zero attached hydrogens (tertiary/aromatic N) is 2. The molecule has 1 aliphatic rings. The van der Waals surface area contributed by atoms with Gasteiger partial charge in [0, 0.05) is 18.2 Å². The fraction of sp³-hybridized carbons (Fsp3) is 0.176. The number of ether oxygens (including phenoxy) is 2. The molecule has 2 heterocycles. The first-order valence-corrected chi connectivity index (χ1v) is 9.66. The number of halogens is 3. The summed E-state index contributed by atoms with van der Waals surface area (Å²) in [5.74, 6) is -1.09. The molecule has 1 aromatic heterocycles. The molecule has 152 valence electrons. The zero-order chi connectivity index (χ0) is 20.6. The van der Waals surface area contributed by atoms with Gasteiger partial charge in [0.2, 0.25) is 15.8 Å². The van der Waals surface area contributed by atoms with Crippen LogP contribution in [0.15, 0.2) is 51.9 Å². The minimum absolute atomic E-state index is 0.0726. The highest BCUT2D eigenvalue weighted by Gasteiger charge is 2.38. The molecule has 29 heavy (non-hydrogen) atoms. The number of rotatable bonds is 3. The van der Waals surface area contributed by atoms with Crippen LogP contribution in [0.1, 0.15) is 5.89 Å². The van der Waals surface area contributed by atoms with Gasteiger partial charge in [-0.1, -0.05) is 17.3 Å². The van der Waals surface area contributed by atoms with Gasteiger partial charge < -0.3 is 14.0 Å². The fourth-order valence-electron chi connectivity index (χ4n) is 2.59. The number of hydrogen-bond acceptors (Lipinski definition) is 7. The quantitative estimate of drug-likeness (QED) is 0.685. The van der Waals surface area contributed by atoms with E-state index in [0.717, 1.165) is 0 Å². The highest BCUT2D eigenvalue weighted by Crippen LogP contribution is 2.34. The van der Waals surface area contributed by atoms with Crippen LogP contribution in [-0.4, -0.2) is 31.7 Å². The van der Waals surface area contributed by atoms with Gasteiger partial charge in [-0.3, -0.25) is 0 Å². The summed E-state index contributed by atoms with van der Waals surface area (Å²) in [5, 5.41) is 3.32. The van der Waals surface area contributed by atoms with Gasteiger partial charge in [-0.2, -0.15) is 18.2 Å². The van der Waals surface area contributed by atoms with E-state index >= 15 is 0 Å². The van der Waals surface area contributed by atoms with Crippen LogP contribution in [0.2, 0.25) is 0 Å². The van der Waals surface area contributed by atoms with Crippen LogP contribution < -0.4 is 14.2 Å². The summed E-state index contributed by atoms with van der Waals surface area (Å²) in [4.78, 5) is 3.25. The standard InChI is InChI=1S/C17H12F3N3O5S/c18-17(19,20)16-22-15(23-28-16)10-2-1-3-11(8-10)27-12-4-5-13-14(9-12)29(24,25)21-6-7-26-13/h1-5,8-9,21H,6-7H2. The van der Waals surface area contributed by atoms with Gasteiger partial charge >= 0.3 is 12.1 Å². The van der Waals surface area contributed by atoms with Gasteiger partial charge in [0.05, 0.1) is 0 Å². The molecule has 0 amide bonds. The van der Waals surface area contributed by atoms with E-state index in [-0.39, 0.29) is 46.7 Å². The molecule has 12 heteroatoms. The minimum atomic E-state index is -4.75. The molecule has 1 aliphatic heterocycles. The van der Waals surface area contributed by atoms with Crippen molar-refractivity contribution in [3.63, 3.8) is 0 Å². The van der Waals surface area contributed by atoms with Crippen molar-refractivity contribution in [3.05, 3.63) is 48.4 Å². The second kappa shape index (κ2) is 7.04. The van der Waals surface area contributed by atoms with Crippen LogP contribution in [0, 0.1) is 0 Å². The summed E-state index contributed by atoms with van der Waals surface area (Å²) in [5.41, 5.74) is 0.231. The first-order chi connectivity index (χ1) is 13.7. The predicted molar refractivity (Wildman–Crippen MR) is 91.9 cm³/mol. The average molecular weight is 427 g/mol. The third-order valence-electron chi connectivity index (χ3n) is 3.85. The van der Waals surface area contributed by atoms with Crippen LogP contribution in [0.4, 0.5) is 13.2 Å². The van der Waals surface area contributed by atoms with E-state index < -0.39 is 22.1 Å². The Morgan fingerprint density at radius 3 is 2.66 bits per heavy atom. The van der Waals surface area contributed by atoms with E-state index in [1.165, 1.54) is 36.4 Å². The van der Waals surface area contributed by atoms with E-state index in [0.29, 0.717) is 0 Å². The summed E-state index contributed by atoms with van der Waals surface area (Å²) < 4.78 is 80.0. The van der Waals surface area contributed by atoms with Gasteiger partial charge in [-0.25, -0.2) is 13.1 Å². The van der Waals surface area contributed by atoms with E-state index in [2.05, 4.69) is 19.4 Å². The van der Waals surface area contributed by atoms with Crippen molar-refractivity contribution in [2.45, 2.75) is 11.1 Å². The molecule has 0 atom stereocenters. The maximum absolute atomic E-state index is 12.6. The lowest BCUT2D eigenvalue weighted by atomic mass is 10.2. The third-order valence-corrected chi connectivity index (χ3v) is 5.34. The molecule has 4 rings (SSSR count). The first-order valence-electron chi connectivity index (χ1n) is 8.18. The Balaban J connectivity index is 1.62. The molecule has 0 radical (unpaired) electrons. The monoisotopic (exact) mass is 427 g/mol. The molecule has 0 bridgehead atoms. The summed E-state index contributed by atoms with van der Waals surface area (Å²) in [6.07, 6.45) is -4.75. The predicted octanol–water partition coefficient (Wildman–Crippen LogP) is 3.22. The van der Waals surface area contributed by atoms with Crippen molar-refractivity contribution in [3.8, 4) is 28.6 Å². The molecule has 0 saturated carbocycles. The second-order valence-corrected chi connectivity index (χ2v) is 7.64. The maximum atomic E-state index is 12.6. The van der Waals surface area contributed by atoms with Crippen molar-refractivity contribution < 1.29 is 35.6 Å². The average Bonchev–Trinajstić information content (AvgIpc) is 3.12. The molecule has 0 unspecified atom stereocenters. The number of nitrogens with one attached hydrogen (secondary N) is 1. The van der Waals surface area contributed by atoms with Crippen LogP contribution >= 0.6 is 0 Å². The first kappa shape index (κ1) is 19.2. The molecular weight excluding hydrogens is 415 g/mol. The van der Waals surface area contributed by atoms with E-state index in [1.807, 2.05) is 0 Å². The smallest absolute Gasteiger partial charge is 0.471 e. The molecule has 3 aromatic rings. The lowest BCUT2D eigenvalue weighted by molar-refractivity contribution is -0.159. The number of hydrogen-bond donors (Lipinski definition) is 1. The number of sulfonamides is 1. The number of benzene rings is 2. The van der Waals surface area contributed by atoms with Crippen molar-refractivity contribution in [2.75, 3.05) is 13.2 Å². The summed E-state index contributed by atoms with van der Waals surface area (Å²) in [6.45, 7) is 0.332. The van der Waals surface area contributed by atoms with Gasteiger partial charge in [0.15, 0.2) is 0 Å².